The van der Waals surface area contributed by atoms with E-state index in [1.165, 1.54) is 4.68 Å². The largest absolute Gasteiger partial charge is 0.497 e. The van der Waals surface area contributed by atoms with E-state index in [4.69, 9.17) is 4.74 Å². The van der Waals surface area contributed by atoms with Gasteiger partial charge in [0.2, 0.25) is 0 Å². The van der Waals surface area contributed by atoms with E-state index in [0.29, 0.717) is 42.0 Å². The number of hydrogen-bond donors (Lipinski definition) is 1. The average Bonchev–Trinajstić information content (AvgIpc) is 3.16. The lowest BCUT2D eigenvalue weighted by Crippen LogP contribution is -2.27. The van der Waals surface area contributed by atoms with Crippen LogP contribution >= 0.6 is 0 Å². The number of hydrogen-bond acceptors (Lipinski definition) is 4. The molecule has 2 aromatic carbocycles. The molecule has 2 aromatic rings. The lowest BCUT2D eigenvalue weighted by molar-refractivity contribution is 0.0953. The highest BCUT2D eigenvalue weighted by Gasteiger charge is 2.24. The summed E-state index contributed by atoms with van der Waals surface area (Å²) >= 11 is 0. The number of amides is 1. The van der Waals surface area contributed by atoms with Crippen molar-refractivity contribution < 1.29 is 9.53 Å². The third kappa shape index (κ3) is 4.42. The van der Waals surface area contributed by atoms with Crippen LogP contribution in [0.1, 0.15) is 29.3 Å². The number of pyridine rings is 1. The topological polar surface area (TPSA) is 78.2 Å². The number of para-hydroxylation sites is 1. The van der Waals surface area contributed by atoms with Gasteiger partial charge in [-0.05, 0) is 42.7 Å². The second-order valence-electron chi connectivity index (χ2n) is 7.58. The van der Waals surface area contributed by atoms with Crippen LogP contribution in [0.15, 0.2) is 71.8 Å². The van der Waals surface area contributed by atoms with Gasteiger partial charge in [-0.2, -0.15) is 9.78 Å². The van der Waals surface area contributed by atoms with Gasteiger partial charge in [-0.3, -0.25) is 9.59 Å². The first-order chi connectivity index (χ1) is 15.6. The number of ether oxygens (including phenoxy) is 1. The Morgan fingerprint density at radius 3 is 2.50 bits per heavy atom. The van der Waals surface area contributed by atoms with Gasteiger partial charge < -0.3 is 14.6 Å². The minimum absolute atomic E-state index is 0.232. The summed E-state index contributed by atoms with van der Waals surface area (Å²) < 4.78 is 8.42. The molecule has 0 fully saturated rings. The van der Waals surface area contributed by atoms with Gasteiger partial charge in [-0.25, -0.2) is 0 Å². The Hall–Kier alpha value is -3.87. The number of nitrogens with one attached hydrogen (secondary N) is 1. The minimum atomic E-state index is -0.244. The van der Waals surface area contributed by atoms with Gasteiger partial charge in [0.15, 0.2) is 0 Å². The van der Waals surface area contributed by atoms with Gasteiger partial charge in [-0.1, -0.05) is 37.3 Å². The molecular weight excluding hydrogens is 404 g/mol. The highest BCUT2D eigenvalue weighted by Crippen LogP contribution is 2.22. The number of aromatic nitrogens is 3. The number of carbonyl (C=O) groups is 1. The van der Waals surface area contributed by atoms with Crippen molar-refractivity contribution in [1.82, 2.24) is 19.7 Å². The molecule has 0 aromatic heterocycles. The maximum Gasteiger partial charge on any atom is 0.282 e. The van der Waals surface area contributed by atoms with Crippen molar-refractivity contribution in [1.29, 1.82) is 0 Å². The molecule has 2 aliphatic heterocycles. The van der Waals surface area contributed by atoms with E-state index >= 15 is 0 Å². The van der Waals surface area contributed by atoms with Crippen molar-refractivity contribution in [3.63, 3.8) is 0 Å². The van der Waals surface area contributed by atoms with E-state index in [2.05, 4.69) is 17.3 Å². The van der Waals surface area contributed by atoms with Crippen LogP contribution in [0.2, 0.25) is 0 Å². The number of nitrogens with zero attached hydrogens (tertiary/aromatic N) is 3. The van der Waals surface area contributed by atoms with Gasteiger partial charge in [0, 0.05) is 25.5 Å². The van der Waals surface area contributed by atoms with E-state index in [1.807, 2.05) is 59.2 Å². The molecular formula is C25H26N4O3. The molecule has 2 aliphatic rings. The second kappa shape index (κ2) is 9.51. The van der Waals surface area contributed by atoms with Crippen molar-refractivity contribution in [2.45, 2.75) is 26.3 Å². The monoisotopic (exact) mass is 430 g/mol. The Balaban J connectivity index is 1.61. The van der Waals surface area contributed by atoms with Crippen LogP contribution in [0.25, 0.3) is 16.9 Å². The van der Waals surface area contributed by atoms with Gasteiger partial charge in [0.05, 0.1) is 23.9 Å². The predicted octanol–water partition coefficient (Wildman–Crippen LogP) is 3.53. The smallest absolute Gasteiger partial charge is 0.282 e. The van der Waals surface area contributed by atoms with Gasteiger partial charge in [0.25, 0.3) is 11.5 Å². The summed E-state index contributed by atoms with van der Waals surface area (Å²) in [6, 6.07) is 17.0. The highest BCUT2D eigenvalue weighted by molar-refractivity contribution is 5.99. The lowest BCUT2D eigenvalue weighted by Gasteiger charge is -2.12. The maximum absolute atomic E-state index is 13.1. The van der Waals surface area contributed by atoms with Crippen molar-refractivity contribution in [3.8, 4) is 22.7 Å². The Labute approximate surface area is 186 Å². The third-order valence-corrected chi connectivity index (χ3v) is 5.31. The molecule has 1 N–H and O–H groups in total. The maximum atomic E-state index is 13.1. The zero-order chi connectivity index (χ0) is 22.5. The molecule has 164 valence electrons. The van der Waals surface area contributed by atoms with Crippen LogP contribution in [-0.2, 0) is 13.0 Å². The van der Waals surface area contributed by atoms with Crippen LogP contribution in [0.3, 0.4) is 0 Å². The lowest BCUT2D eigenvalue weighted by atomic mass is 10.1. The first-order valence-corrected chi connectivity index (χ1v) is 10.7. The summed E-state index contributed by atoms with van der Waals surface area (Å²) in [4.78, 5) is 26.1. The molecule has 0 saturated carbocycles. The third-order valence-electron chi connectivity index (χ3n) is 5.31. The molecule has 0 radical (unpaired) electrons. The van der Waals surface area contributed by atoms with E-state index in [0.717, 1.165) is 17.7 Å². The molecule has 0 spiro atoms. The molecule has 0 aliphatic carbocycles. The molecule has 0 unspecified atom stereocenters. The van der Waals surface area contributed by atoms with Crippen molar-refractivity contribution in [3.05, 3.63) is 88.5 Å². The fraction of sp³-hybridized carbons (Fsp3) is 0.240. The molecule has 32 heavy (non-hydrogen) atoms. The number of fused-ring (bicyclic) bond motifs is 1. The SMILES string of the molecule is CCCn1cc(C(=O)NCCc2ccc(OC)cc2)c2nn(-c3ccccc3)c(=O)c-2c1. The minimum Gasteiger partial charge on any atom is -0.497 e. The van der Waals surface area contributed by atoms with E-state index in [-0.39, 0.29) is 11.5 Å². The normalized spacial score (nSPS) is 10.9. The first-order valence-electron chi connectivity index (χ1n) is 10.7. The second-order valence-corrected chi connectivity index (χ2v) is 7.58. The van der Waals surface area contributed by atoms with Gasteiger partial charge in [0.1, 0.15) is 11.4 Å². The first kappa shape index (κ1) is 21.4. The predicted molar refractivity (Wildman–Crippen MR) is 124 cm³/mol. The number of methoxy groups -OCH3 is 1. The molecule has 1 amide bonds. The molecule has 2 heterocycles. The van der Waals surface area contributed by atoms with Crippen LogP contribution in [0.5, 0.6) is 5.75 Å². The fourth-order valence-corrected chi connectivity index (χ4v) is 3.67. The summed E-state index contributed by atoms with van der Waals surface area (Å²) in [5.74, 6) is 0.555. The van der Waals surface area contributed by atoms with E-state index in [1.54, 1.807) is 19.5 Å². The molecule has 0 atom stereocenters. The fourth-order valence-electron chi connectivity index (χ4n) is 3.67. The van der Waals surface area contributed by atoms with Crippen LogP contribution in [0, 0.1) is 0 Å². The Morgan fingerprint density at radius 2 is 1.81 bits per heavy atom. The quantitative estimate of drug-likeness (QED) is 0.464. The molecule has 4 rings (SSSR count). The molecule has 7 heteroatoms. The van der Waals surface area contributed by atoms with Gasteiger partial charge >= 0.3 is 0 Å². The summed E-state index contributed by atoms with van der Waals surface area (Å²) in [6.07, 6.45) is 5.12. The van der Waals surface area contributed by atoms with E-state index in [9.17, 15) is 9.59 Å². The van der Waals surface area contributed by atoms with Gasteiger partial charge in [-0.15, -0.1) is 0 Å². The average molecular weight is 431 g/mol. The number of rotatable bonds is 8. The summed E-state index contributed by atoms with van der Waals surface area (Å²) in [5.41, 5.74) is 2.78. The Morgan fingerprint density at radius 1 is 1.06 bits per heavy atom. The van der Waals surface area contributed by atoms with Crippen LogP contribution in [-0.4, -0.2) is 33.9 Å². The number of aryl methyl sites for hydroxylation is 1. The van der Waals surface area contributed by atoms with Crippen molar-refractivity contribution in [2.75, 3.05) is 13.7 Å². The van der Waals surface area contributed by atoms with E-state index < -0.39 is 0 Å². The Bertz CT molecular complexity index is 1230. The zero-order valence-electron chi connectivity index (χ0n) is 18.2. The Kier molecular flexibility index (Phi) is 6.35. The molecule has 0 bridgehead atoms. The standard InChI is InChI=1S/C25H26N4O3/c1-3-15-28-16-21(24(30)26-14-13-18-9-11-20(32-2)12-10-18)23-22(17-28)25(31)29(27-23)19-7-5-4-6-8-19/h4-12,16-17H,3,13-15H2,1-2H3,(H,26,30). The van der Waals surface area contributed by atoms with Crippen LogP contribution in [0.4, 0.5) is 0 Å². The van der Waals surface area contributed by atoms with Crippen LogP contribution < -0.4 is 15.6 Å². The summed E-state index contributed by atoms with van der Waals surface area (Å²) in [5, 5.41) is 7.48. The highest BCUT2D eigenvalue weighted by atomic mass is 16.5. The number of carbonyl (C=O) groups excluding carboxylic acids is 1. The number of benzene rings is 2. The van der Waals surface area contributed by atoms with Crippen molar-refractivity contribution >= 4 is 5.91 Å². The van der Waals surface area contributed by atoms with Crippen molar-refractivity contribution in [2.24, 2.45) is 0 Å². The summed E-state index contributed by atoms with van der Waals surface area (Å²) in [6.45, 7) is 3.23. The molecule has 7 nitrogen and oxygen atoms in total. The summed E-state index contributed by atoms with van der Waals surface area (Å²) in [7, 11) is 1.63. The zero-order valence-corrected chi connectivity index (χ0v) is 18.2. The molecule has 0 saturated heterocycles.